The van der Waals surface area contributed by atoms with E-state index in [1.54, 1.807) is 0 Å². The molecule has 0 bridgehead atoms. The van der Waals surface area contributed by atoms with Crippen LogP contribution in [0.4, 0.5) is 0 Å². The Morgan fingerprint density at radius 2 is 1.69 bits per heavy atom. The molecule has 1 aromatic carbocycles. The van der Waals surface area contributed by atoms with E-state index in [0.29, 0.717) is 0 Å². The van der Waals surface area contributed by atoms with Crippen molar-refractivity contribution in [2.45, 2.75) is 38.8 Å². The molecule has 2 heteroatoms. The van der Waals surface area contributed by atoms with Gasteiger partial charge in [0.05, 0.1) is 6.04 Å². The van der Waals surface area contributed by atoms with Crippen molar-refractivity contribution in [3.8, 4) is 0 Å². The second-order valence-electron chi connectivity index (χ2n) is 5.28. The lowest BCUT2D eigenvalue weighted by Crippen LogP contribution is -2.45. The van der Waals surface area contributed by atoms with E-state index in [1.165, 1.54) is 11.1 Å². The van der Waals surface area contributed by atoms with Crippen molar-refractivity contribution in [3.63, 3.8) is 0 Å². The second kappa shape index (κ2) is 4.98. The van der Waals surface area contributed by atoms with Crippen molar-refractivity contribution >= 4 is 0 Å². The van der Waals surface area contributed by atoms with Gasteiger partial charge in [-0.05, 0) is 45.5 Å². The summed E-state index contributed by atoms with van der Waals surface area (Å²) in [4.78, 5) is 2.18. The number of aryl methyl sites for hydroxylation is 1. The summed E-state index contributed by atoms with van der Waals surface area (Å²) in [6.45, 7) is 6.32. The molecule has 0 fully saturated rings. The molecule has 0 heterocycles. The van der Waals surface area contributed by atoms with Gasteiger partial charge >= 0.3 is 0 Å². The normalized spacial score (nSPS) is 14.2. The topological polar surface area (TPSA) is 29.3 Å². The van der Waals surface area contributed by atoms with Crippen molar-refractivity contribution in [3.05, 3.63) is 35.4 Å². The van der Waals surface area contributed by atoms with Crippen molar-refractivity contribution in [1.82, 2.24) is 4.90 Å². The molecule has 0 aliphatic rings. The van der Waals surface area contributed by atoms with E-state index in [0.717, 1.165) is 6.42 Å². The third kappa shape index (κ3) is 3.06. The van der Waals surface area contributed by atoms with Crippen LogP contribution in [0.25, 0.3) is 0 Å². The van der Waals surface area contributed by atoms with Crippen LogP contribution in [0.15, 0.2) is 24.3 Å². The van der Waals surface area contributed by atoms with Gasteiger partial charge in [0.1, 0.15) is 0 Å². The fourth-order valence-electron chi connectivity index (χ4n) is 2.33. The molecular weight excluding hydrogens is 196 g/mol. The molecule has 0 amide bonds. The number of benzene rings is 1. The molecule has 0 spiro atoms. The predicted molar refractivity (Wildman–Crippen MR) is 70.5 cm³/mol. The minimum absolute atomic E-state index is 0.239. The zero-order valence-corrected chi connectivity index (χ0v) is 11.1. The summed E-state index contributed by atoms with van der Waals surface area (Å²) in [5.74, 6) is 0. The van der Waals surface area contributed by atoms with E-state index < -0.39 is 0 Å². The number of hydrogen-bond donors (Lipinski definition) is 1. The van der Waals surface area contributed by atoms with Crippen LogP contribution in [0.3, 0.4) is 0 Å². The average molecular weight is 220 g/mol. The maximum Gasteiger partial charge on any atom is 0.0517 e. The maximum absolute atomic E-state index is 6.24. The molecule has 0 aromatic heterocycles. The summed E-state index contributed by atoms with van der Waals surface area (Å²) >= 11 is 0. The van der Waals surface area contributed by atoms with Gasteiger partial charge in [-0.15, -0.1) is 0 Å². The summed E-state index contributed by atoms with van der Waals surface area (Å²) in [6.07, 6.45) is 1.08. The first-order chi connectivity index (χ1) is 7.36. The van der Waals surface area contributed by atoms with Crippen LogP contribution in [0.1, 0.15) is 37.9 Å². The second-order valence-corrected chi connectivity index (χ2v) is 5.28. The van der Waals surface area contributed by atoms with Crippen molar-refractivity contribution in [2.24, 2.45) is 5.73 Å². The van der Waals surface area contributed by atoms with Crippen LogP contribution in [-0.4, -0.2) is 24.5 Å². The van der Waals surface area contributed by atoms with Crippen LogP contribution in [0.2, 0.25) is 0 Å². The highest BCUT2D eigenvalue weighted by Crippen LogP contribution is 2.28. The van der Waals surface area contributed by atoms with E-state index in [-0.39, 0.29) is 11.6 Å². The quantitative estimate of drug-likeness (QED) is 0.845. The van der Waals surface area contributed by atoms with Gasteiger partial charge in [-0.3, -0.25) is 0 Å². The molecule has 2 nitrogen and oxygen atoms in total. The molecule has 2 N–H and O–H groups in total. The molecule has 0 saturated carbocycles. The number of likely N-dealkylation sites (N-methyl/N-ethyl adjacent to an activating group) is 1. The van der Waals surface area contributed by atoms with E-state index in [9.17, 15) is 0 Å². The van der Waals surface area contributed by atoms with Gasteiger partial charge in [-0.1, -0.05) is 31.2 Å². The van der Waals surface area contributed by atoms with Crippen molar-refractivity contribution < 1.29 is 0 Å². The van der Waals surface area contributed by atoms with Gasteiger partial charge in [0.25, 0.3) is 0 Å². The summed E-state index contributed by atoms with van der Waals surface area (Å²) in [6, 6.07) is 9.02. The van der Waals surface area contributed by atoms with Gasteiger partial charge in [-0.25, -0.2) is 0 Å². The molecule has 0 saturated heterocycles. The van der Waals surface area contributed by atoms with Gasteiger partial charge in [-0.2, -0.15) is 0 Å². The third-order valence-electron chi connectivity index (χ3n) is 2.92. The summed E-state index contributed by atoms with van der Waals surface area (Å²) in [5.41, 5.74) is 8.66. The molecule has 1 rings (SSSR count). The van der Waals surface area contributed by atoms with Gasteiger partial charge in [0, 0.05) is 5.54 Å². The molecule has 0 aliphatic carbocycles. The average Bonchev–Trinajstić information content (AvgIpc) is 2.16. The number of hydrogen-bond acceptors (Lipinski definition) is 2. The van der Waals surface area contributed by atoms with Gasteiger partial charge in [0.2, 0.25) is 0 Å². The van der Waals surface area contributed by atoms with Crippen LogP contribution < -0.4 is 5.73 Å². The molecule has 1 aromatic rings. The van der Waals surface area contributed by atoms with Crippen LogP contribution in [0, 0.1) is 0 Å². The Morgan fingerprint density at radius 3 is 2.00 bits per heavy atom. The molecule has 0 radical (unpaired) electrons. The van der Waals surface area contributed by atoms with E-state index in [2.05, 4.69) is 64.0 Å². The van der Waals surface area contributed by atoms with Crippen LogP contribution in [0.5, 0.6) is 0 Å². The lowest BCUT2D eigenvalue weighted by molar-refractivity contribution is 0.205. The van der Waals surface area contributed by atoms with Gasteiger partial charge < -0.3 is 10.6 Å². The first-order valence-corrected chi connectivity index (χ1v) is 5.90. The molecule has 1 atom stereocenters. The Labute approximate surface area is 99.5 Å². The molecule has 1 unspecified atom stereocenters. The smallest absolute Gasteiger partial charge is 0.0517 e. The Balaban J connectivity index is 3.03. The van der Waals surface area contributed by atoms with Crippen LogP contribution >= 0.6 is 0 Å². The van der Waals surface area contributed by atoms with E-state index >= 15 is 0 Å². The summed E-state index contributed by atoms with van der Waals surface area (Å²) in [7, 11) is 4.15. The number of nitrogens with zero attached hydrogens (tertiary/aromatic N) is 1. The highest BCUT2D eigenvalue weighted by molar-refractivity contribution is 5.27. The summed E-state index contributed by atoms with van der Waals surface area (Å²) < 4.78 is 0. The molecule has 16 heavy (non-hydrogen) atoms. The SMILES string of the molecule is CCc1ccc(C(N(C)C)C(C)(C)N)cc1. The Kier molecular flexibility index (Phi) is 4.11. The molecular formula is C14H24N2. The first-order valence-electron chi connectivity index (χ1n) is 5.90. The summed E-state index contributed by atoms with van der Waals surface area (Å²) in [5, 5.41) is 0. The Hall–Kier alpha value is -0.860. The zero-order valence-electron chi connectivity index (χ0n) is 11.1. The fourth-order valence-corrected chi connectivity index (χ4v) is 2.33. The maximum atomic E-state index is 6.24. The lowest BCUT2D eigenvalue weighted by atomic mass is 9.88. The first kappa shape index (κ1) is 13.2. The van der Waals surface area contributed by atoms with E-state index in [4.69, 9.17) is 5.73 Å². The minimum Gasteiger partial charge on any atom is -0.324 e. The van der Waals surface area contributed by atoms with Gasteiger partial charge in [0.15, 0.2) is 0 Å². The monoisotopic (exact) mass is 220 g/mol. The van der Waals surface area contributed by atoms with E-state index in [1.807, 2.05) is 0 Å². The Bertz CT molecular complexity index is 320. The molecule has 0 aliphatic heterocycles. The van der Waals surface area contributed by atoms with Crippen LogP contribution in [-0.2, 0) is 6.42 Å². The third-order valence-corrected chi connectivity index (χ3v) is 2.92. The highest BCUT2D eigenvalue weighted by Gasteiger charge is 2.28. The Morgan fingerprint density at radius 1 is 1.19 bits per heavy atom. The fraction of sp³-hybridized carbons (Fsp3) is 0.571. The van der Waals surface area contributed by atoms with Crippen molar-refractivity contribution in [2.75, 3.05) is 14.1 Å². The standard InChI is InChI=1S/C14H24N2/c1-6-11-7-9-12(10-8-11)13(16(4)5)14(2,3)15/h7-10,13H,6,15H2,1-5H3. The largest absolute Gasteiger partial charge is 0.324 e. The highest BCUT2D eigenvalue weighted by atomic mass is 15.1. The zero-order chi connectivity index (χ0) is 12.3. The number of rotatable bonds is 4. The lowest BCUT2D eigenvalue weighted by Gasteiger charge is -2.36. The van der Waals surface area contributed by atoms with Crippen molar-refractivity contribution in [1.29, 1.82) is 0 Å². The predicted octanol–water partition coefficient (Wildman–Crippen LogP) is 2.59. The number of nitrogens with two attached hydrogens (primary N) is 1. The molecule has 90 valence electrons. The minimum atomic E-state index is -0.239.